The molecule has 3 heterocycles. The predicted molar refractivity (Wildman–Crippen MR) is 73.3 cm³/mol. The van der Waals surface area contributed by atoms with Crippen LogP contribution in [0.3, 0.4) is 0 Å². The number of halogens is 3. The topological polar surface area (TPSA) is 54.8 Å². The van der Waals surface area contributed by atoms with Crippen LogP contribution >= 0.6 is 0 Å². The Morgan fingerprint density at radius 2 is 1.82 bits per heavy atom. The summed E-state index contributed by atoms with van der Waals surface area (Å²) < 4.78 is 38.1. The molecule has 0 radical (unpaired) electrons. The van der Waals surface area contributed by atoms with Gasteiger partial charge < -0.3 is 4.90 Å². The van der Waals surface area contributed by atoms with Crippen LogP contribution in [0, 0.1) is 0 Å². The van der Waals surface area contributed by atoms with Crippen LogP contribution in [0.1, 0.15) is 30.1 Å². The van der Waals surface area contributed by atoms with Crippen molar-refractivity contribution in [3.63, 3.8) is 0 Å². The number of aromatic nitrogens is 4. The molecule has 116 valence electrons. The molecule has 1 aliphatic heterocycles. The SMILES string of the molecule is FC(F)(F)c1cc(C2CCN(c3cnccn3)CC2)ncn1. The highest BCUT2D eigenvalue weighted by Crippen LogP contribution is 2.32. The van der Waals surface area contributed by atoms with Crippen molar-refractivity contribution >= 4 is 5.82 Å². The van der Waals surface area contributed by atoms with Crippen molar-refractivity contribution in [2.24, 2.45) is 0 Å². The molecule has 0 N–H and O–H groups in total. The third kappa shape index (κ3) is 3.15. The van der Waals surface area contributed by atoms with Crippen LogP contribution in [0.4, 0.5) is 19.0 Å². The maximum absolute atomic E-state index is 12.7. The maximum Gasteiger partial charge on any atom is 0.433 e. The van der Waals surface area contributed by atoms with E-state index in [4.69, 9.17) is 0 Å². The number of hydrogen-bond donors (Lipinski definition) is 0. The Morgan fingerprint density at radius 1 is 1.05 bits per heavy atom. The molecule has 1 aliphatic rings. The summed E-state index contributed by atoms with van der Waals surface area (Å²) in [4.78, 5) is 17.7. The fraction of sp³-hybridized carbons (Fsp3) is 0.429. The van der Waals surface area contributed by atoms with Gasteiger partial charge in [-0.25, -0.2) is 15.0 Å². The van der Waals surface area contributed by atoms with Crippen LogP contribution in [0.5, 0.6) is 0 Å². The van der Waals surface area contributed by atoms with Gasteiger partial charge in [-0.2, -0.15) is 13.2 Å². The highest BCUT2D eigenvalue weighted by molar-refractivity contribution is 5.36. The lowest BCUT2D eigenvalue weighted by molar-refractivity contribution is -0.141. The molecule has 22 heavy (non-hydrogen) atoms. The molecular formula is C14H14F3N5. The normalized spacial score (nSPS) is 16.8. The van der Waals surface area contributed by atoms with Crippen molar-refractivity contribution in [1.82, 2.24) is 19.9 Å². The van der Waals surface area contributed by atoms with E-state index in [1.165, 1.54) is 0 Å². The minimum atomic E-state index is -4.43. The van der Waals surface area contributed by atoms with E-state index in [1.807, 2.05) is 0 Å². The van der Waals surface area contributed by atoms with Crippen LogP contribution in [-0.4, -0.2) is 33.0 Å². The van der Waals surface area contributed by atoms with Crippen molar-refractivity contribution in [1.29, 1.82) is 0 Å². The first-order valence-electron chi connectivity index (χ1n) is 6.94. The molecule has 0 spiro atoms. The van der Waals surface area contributed by atoms with Gasteiger partial charge in [0.1, 0.15) is 17.8 Å². The van der Waals surface area contributed by atoms with Crippen molar-refractivity contribution in [2.45, 2.75) is 24.9 Å². The lowest BCUT2D eigenvalue weighted by Crippen LogP contribution is -2.33. The Balaban J connectivity index is 1.69. The number of anilines is 1. The molecule has 2 aromatic rings. The van der Waals surface area contributed by atoms with Gasteiger partial charge in [-0.05, 0) is 18.9 Å². The Kier molecular flexibility index (Phi) is 3.91. The summed E-state index contributed by atoms with van der Waals surface area (Å²) in [6, 6.07) is 1.06. The Bertz CT molecular complexity index is 624. The maximum atomic E-state index is 12.7. The minimum Gasteiger partial charge on any atom is -0.355 e. The second kappa shape index (κ2) is 5.86. The van der Waals surface area contributed by atoms with Crippen molar-refractivity contribution < 1.29 is 13.2 Å². The van der Waals surface area contributed by atoms with Crippen LogP contribution in [-0.2, 0) is 6.18 Å². The molecule has 1 saturated heterocycles. The molecule has 5 nitrogen and oxygen atoms in total. The van der Waals surface area contributed by atoms with Crippen molar-refractivity contribution in [3.05, 3.63) is 42.4 Å². The second-order valence-electron chi connectivity index (χ2n) is 5.15. The lowest BCUT2D eigenvalue weighted by atomic mass is 9.93. The minimum absolute atomic E-state index is 0.0111. The molecule has 0 aromatic carbocycles. The van der Waals surface area contributed by atoms with Crippen LogP contribution in [0.25, 0.3) is 0 Å². The first-order chi connectivity index (χ1) is 10.5. The van der Waals surface area contributed by atoms with Crippen LogP contribution < -0.4 is 4.90 Å². The number of piperidine rings is 1. The fourth-order valence-corrected chi connectivity index (χ4v) is 2.61. The summed E-state index contributed by atoms with van der Waals surface area (Å²) in [5.74, 6) is 0.802. The van der Waals surface area contributed by atoms with E-state index >= 15 is 0 Å². The van der Waals surface area contributed by atoms with Gasteiger partial charge in [0, 0.05) is 37.1 Å². The number of alkyl halides is 3. The predicted octanol–water partition coefficient (Wildman–Crippen LogP) is 2.67. The van der Waals surface area contributed by atoms with Gasteiger partial charge in [-0.1, -0.05) is 0 Å². The smallest absolute Gasteiger partial charge is 0.355 e. The zero-order chi connectivity index (χ0) is 15.6. The standard InChI is InChI=1S/C14H14F3N5/c15-14(16,17)12-7-11(20-9-21-12)10-1-5-22(6-2-10)13-8-18-3-4-19-13/h3-4,7-10H,1-2,5-6H2. The average Bonchev–Trinajstić information content (AvgIpc) is 2.55. The summed E-state index contributed by atoms with van der Waals surface area (Å²) in [5.41, 5.74) is -0.421. The second-order valence-corrected chi connectivity index (χ2v) is 5.15. The van der Waals surface area contributed by atoms with E-state index < -0.39 is 11.9 Å². The molecule has 8 heteroatoms. The van der Waals surface area contributed by atoms with Gasteiger partial charge in [0.15, 0.2) is 0 Å². The van der Waals surface area contributed by atoms with E-state index in [2.05, 4.69) is 24.8 Å². The lowest BCUT2D eigenvalue weighted by Gasteiger charge is -2.32. The largest absolute Gasteiger partial charge is 0.433 e. The summed E-state index contributed by atoms with van der Waals surface area (Å²) in [5, 5.41) is 0. The molecule has 2 aromatic heterocycles. The van der Waals surface area contributed by atoms with E-state index in [0.29, 0.717) is 18.8 Å². The monoisotopic (exact) mass is 309 g/mol. The first-order valence-corrected chi connectivity index (χ1v) is 6.94. The van der Waals surface area contributed by atoms with Crippen molar-refractivity contribution in [3.8, 4) is 0 Å². The van der Waals surface area contributed by atoms with E-state index in [0.717, 1.165) is 31.1 Å². The van der Waals surface area contributed by atoms with E-state index in [9.17, 15) is 13.2 Å². The zero-order valence-electron chi connectivity index (χ0n) is 11.7. The Morgan fingerprint density at radius 3 is 2.45 bits per heavy atom. The molecule has 0 amide bonds. The molecule has 0 aliphatic carbocycles. The van der Waals surface area contributed by atoms with Gasteiger partial charge in [0.25, 0.3) is 0 Å². The zero-order valence-corrected chi connectivity index (χ0v) is 11.7. The third-order valence-electron chi connectivity index (χ3n) is 3.77. The van der Waals surface area contributed by atoms with Gasteiger partial charge >= 0.3 is 6.18 Å². The molecule has 0 atom stereocenters. The highest BCUT2D eigenvalue weighted by atomic mass is 19.4. The summed E-state index contributed by atoms with van der Waals surface area (Å²) in [7, 11) is 0. The Labute approximate surface area is 125 Å². The quantitative estimate of drug-likeness (QED) is 0.853. The molecule has 3 rings (SSSR count). The van der Waals surface area contributed by atoms with Crippen molar-refractivity contribution in [2.75, 3.05) is 18.0 Å². The van der Waals surface area contributed by atoms with Crippen LogP contribution in [0.15, 0.2) is 31.0 Å². The number of hydrogen-bond acceptors (Lipinski definition) is 5. The molecule has 1 fully saturated rings. The summed E-state index contributed by atoms with van der Waals surface area (Å²) >= 11 is 0. The van der Waals surface area contributed by atoms with Gasteiger partial charge in [0.05, 0.1) is 6.20 Å². The molecule has 0 unspecified atom stereocenters. The summed E-state index contributed by atoms with van der Waals surface area (Å²) in [6.45, 7) is 1.43. The van der Waals surface area contributed by atoms with Crippen LogP contribution in [0.2, 0.25) is 0 Å². The molecule has 0 bridgehead atoms. The van der Waals surface area contributed by atoms with Gasteiger partial charge in [-0.15, -0.1) is 0 Å². The molecular weight excluding hydrogens is 295 g/mol. The number of nitrogens with zero attached hydrogens (tertiary/aromatic N) is 5. The summed E-state index contributed by atoms with van der Waals surface area (Å²) in [6.07, 6.45) is 2.94. The Hall–Kier alpha value is -2.25. The van der Waals surface area contributed by atoms with Gasteiger partial charge in [0.2, 0.25) is 0 Å². The van der Waals surface area contributed by atoms with Gasteiger partial charge in [-0.3, -0.25) is 4.98 Å². The molecule has 0 saturated carbocycles. The number of rotatable bonds is 2. The highest BCUT2D eigenvalue weighted by Gasteiger charge is 2.33. The average molecular weight is 309 g/mol. The third-order valence-corrected chi connectivity index (χ3v) is 3.77. The first kappa shape index (κ1) is 14.7. The fourth-order valence-electron chi connectivity index (χ4n) is 2.61. The van der Waals surface area contributed by atoms with E-state index in [1.54, 1.807) is 18.6 Å². The van der Waals surface area contributed by atoms with E-state index in [-0.39, 0.29) is 5.92 Å².